The lowest BCUT2D eigenvalue weighted by Crippen LogP contribution is -2.35. The molecule has 1 aromatic carbocycles. The highest BCUT2D eigenvalue weighted by Gasteiger charge is 2.23. The number of benzene rings is 1. The molecule has 2 aromatic rings. The molecule has 1 aliphatic rings. The number of piperidine rings is 1. The molecule has 0 atom stereocenters. The Kier molecular flexibility index (Phi) is 4.51. The van der Waals surface area contributed by atoms with E-state index in [1.165, 1.54) is 13.0 Å². The molecule has 0 radical (unpaired) electrons. The summed E-state index contributed by atoms with van der Waals surface area (Å²) in [6.07, 6.45) is 3.52. The van der Waals surface area contributed by atoms with E-state index in [4.69, 9.17) is 12.2 Å². The van der Waals surface area contributed by atoms with Crippen molar-refractivity contribution in [2.75, 3.05) is 19.6 Å². The van der Waals surface area contributed by atoms with Gasteiger partial charge in [0.05, 0.1) is 0 Å². The first-order valence-corrected chi connectivity index (χ1v) is 8.15. The summed E-state index contributed by atoms with van der Waals surface area (Å²) in [5.41, 5.74) is 1.13. The van der Waals surface area contributed by atoms with Crippen LogP contribution in [0.25, 0.3) is 11.4 Å². The minimum Gasteiger partial charge on any atom is -0.303 e. The van der Waals surface area contributed by atoms with Gasteiger partial charge in [-0.15, -0.1) is 0 Å². The highest BCUT2D eigenvalue weighted by Crippen LogP contribution is 2.28. The van der Waals surface area contributed by atoms with E-state index in [2.05, 4.69) is 38.7 Å². The quantitative estimate of drug-likeness (QED) is 0.876. The molecular weight excluding hydrogens is 280 g/mol. The van der Waals surface area contributed by atoms with Gasteiger partial charge < -0.3 is 4.90 Å². The number of aromatic nitrogens is 3. The molecule has 0 spiro atoms. The summed E-state index contributed by atoms with van der Waals surface area (Å²) in [5.74, 6) is 0.967. The van der Waals surface area contributed by atoms with Gasteiger partial charge in [0.25, 0.3) is 0 Å². The third kappa shape index (κ3) is 3.09. The van der Waals surface area contributed by atoms with Crippen LogP contribution in [0.3, 0.4) is 0 Å². The number of nitrogens with one attached hydrogen (secondary N) is 1. The summed E-state index contributed by atoms with van der Waals surface area (Å²) in [6.45, 7) is 5.75. The molecule has 0 bridgehead atoms. The van der Waals surface area contributed by atoms with Crippen LogP contribution in [0.15, 0.2) is 30.3 Å². The third-order valence-corrected chi connectivity index (χ3v) is 4.49. The average molecular weight is 302 g/mol. The molecule has 0 saturated carbocycles. The number of aromatic amines is 1. The van der Waals surface area contributed by atoms with E-state index in [1.807, 2.05) is 18.2 Å². The number of hydrogen-bond donors (Lipinski definition) is 1. The number of H-pyrrole nitrogens is 1. The van der Waals surface area contributed by atoms with Crippen molar-refractivity contribution in [3.05, 3.63) is 35.1 Å². The first-order valence-electron chi connectivity index (χ1n) is 7.74. The zero-order valence-corrected chi connectivity index (χ0v) is 13.3. The van der Waals surface area contributed by atoms with E-state index in [9.17, 15) is 0 Å². The van der Waals surface area contributed by atoms with Crippen LogP contribution in [0.4, 0.5) is 0 Å². The minimum atomic E-state index is 0.458. The van der Waals surface area contributed by atoms with Gasteiger partial charge in [0.1, 0.15) is 0 Å². The van der Waals surface area contributed by atoms with Gasteiger partial charge in [-0.2, -0.15) is 5.10 Å². The Morgan fingerprint density at radius 3 is 2.62 bits per heavy atom. The second-order valence-corrected chi connectivity index (χ2v) is 6.05. The SMILES string of the molecule is CCCN1CCC(n2c(-c3ccccc3)n[nH]c2=S)CC1. The molecule has 5 heteroatoms. The Morgan fingerprint density at radius 2 is 1.95 bits per heavy atom. The van der Waals surface area contributed by atoms with Crippen molar-refractivity contribution in [3.63, 3.8) is 0 Å². The van der Waals surface area contributed by atoms with Crippen molar-refractivity contribution in [1.82, 2.24) is 19.7 Å². The molecule has 21 heavy (non-hydrogen) atoms. The molecule has 0 aliphatic carbocycles. The smallest absolute Gasteiger partial charge is 0.195 e. The first-order chi connectivity index (χ1) is 10.3. The summed E-state index contributed by atoms with van der Waals surface area (Å²) in [7, 11) is 0. The Morgan fingerprint density at radius 1 is 1.24 bits per heavy atom. The van der Waals surface area contributed by atoms with E-state index < -0.39 is 0 Å². The molecule has 4 nitrogen and oxygen atoms in total. The zero-order valence-electron chi connectivity index (χ0n) is 12.5. The van der Waals surface area contributed by atoms with E-state index in [1.54, 1.807) is 0 Å². The fourth-order valence-electron chi connectivity index (χ4n) is 3.15. The second-order valence-electron chi connectivity index (χ2n) is 5.66. The first kappa shape index (κ1) is 14.5. The predicted octanol–water partition coefficient (Wildman–Crippen LogP) is 3.65. The topological polar surface area (TPSA) is 36.9 Å². The second kappa shape index (κ2) is 6.54. The minimum absolute atomic E-state index is 0.458. The van der Waals surface area contributed by atoms with Gasteiger partial charge in [-0.25, -0.2) is 0 Å². The Balaban J connectivity index is 1.84. The largest absolute Gasteiger partial charge is 0.303 e. The van der Waals surface area contributed by atoms with Crippen molar-refractivity contribution in [2.45, 2.75) is 32.2 Å². The molecule has 0 amide bonds. The lowest BCUT2D eigenvalue weighted by Gasteiger charge is -2.32. The van der Waals surface area contributed by atoms with Gasteiger partial charge in [-0.1, -0.05) is 37.3 Å². The van der Waals surface area contributed by atoms with Crippen LogP contribution in [0.5, 0.6) is 0 Å². The fraction of sp³-hybridized carbons (Fsp3) is 0.500. The average Bonchev–Trinajstić information content (AvgIpc) is 2.91. The zero-order chi connectivity index (χ0) is 14.7. The highest BCUT2D eigenvalue weighted by atomic mass is 32.1. The Bertz CT molecular complexity index is 623. The molecule has 112 valence electrons. The number of hydrogen-bond acceptors (Lipinski definition) is 3. The highest BCUT2D eigenvalue weighted by molar-refractivity contribution is 7.71. The summed E-state index contributed by atoms with van der Waals surface area (Å²) in [4.78, 5) is 2.54. The lowest BCUT2D eigenvalue weighted by atomic mass is 10.0. The predicted molar refractivity (Wildman–Crippen MR) is 87.8 cm³/mol. The van der Waals surface area contributed by atoms with Crippen molar-refractivity contribution in [3.8, 4) is 11.4 Å². The van der Waals surface area contributed by atoms with E-state index in [0.29, 0.717) is 6.04 Å². The van der Waals surface area contributed by atoms with Gasteiger partial charge >= 0.3 is 0 Å². The molecule has 1 aliphatic heterocycles. The van der Waals surface area contributed by atoms with Crippen molar-refractivity contribution in [2.24, 2.45) is 0 Å². The van der Waals surface area contributed by atoms with Crippen molar-refractivity contribution >= 4 is 12.2 Å². The van der Waals surface area contributed by atoms with Crippen LogP contribution >= 0.6 is 12.2 Å². The summed E-state index contributed by atoms with van der Waals surface area (Å²) >= 11 is 5.47. The van der Waals surface area contributed by atoms with Crippen LogP contribution in [-0.4, -0.2) is 39.3 Å². The number of nitrogens with zero attached hydrogens (tertiary/aromatic N) is 3. The molecule has 2 heterocycles. The van der Waals surface area contributed by atoms with Gasteiger partial charge in [0, 0.05) is 24.7 Å². The van der Waals surface area contributed by atoms with Crippen LogP contribution in [-0.2, 0) is 0 Å². The van der Waals surface area contributed by atoms with Crippen molar-refractivity contribution < 1.29 is 0 Å². The molecule has 0 unspecified atom stereocenters. The molecule has 1 fully saturated rings. The lowest BCUT2D eigenvalue weighted by molar-refractivity contribution is 0.187. The molecule has 1 N–H and O–H groups in total. The third-order valence-electron chi connectivity index (χ3n) is 4.20. The summed E-state index contributed by atoms with van der Waals surface area (Å²) < 4.78 is 2.95. The van der Waals surface area contributed by atoms with Gasteiger partial charge in [-0.05, 0) is 38.0 Å². The summed E-state index contributed by atoms with van der Waals surface area (Å²) in [6, 6.07) is 10.8. The normalized spacial score (nSPS) is 17.2. The molecule has 1 saturated heterocycles. The maximum absolute atomic E-state index is 5.47. The van der Waals surface area contributed by atoms with Crippen molar-refractivity contribution in [1.29, 1.82) is 0 Å². The Hall–Kier alpha value is -1.46. The van der Waals surface area contributed by atoms with Crippen LogP contribution in [0.1, 0.15) is 32.2 Å². The monoisotopic (exact) mass is 302 g/mol. The molecular formula is C16H22N4S. The fourth-order valence-corrected chi connectivity index (χ4v) is 3.43. The van der Waals surface area contributed by atoms with Gasteiger partial charge in [0.15, 0.2) is 10.6 Å². The molecule has 1 aromatic heterocycles. The van der Waals surface area contributed by atoms with E-state index in [-0.39, 0.29) is 0 Å². The van der Waals surface area contributed by atoms with Gasteiger partial charge in [-0.3, -0.25) is 9.67 Å². The Labute approximate surface area is 130 Å². The van der Waals surface area contributed by atoms with E-state index in [0.717, 1.165) is 42.1 Å². The van der Waals surface area contributed by atoms with Crippen LogP contribution < -0.4 is 0 Å². The standard InChI is InChI=1S/C16H22N4S/c1-2-10-19-11-8-14(9-12-19)20-15(17-18-16(20)21)13-6-4-3-5-7-13/h3-7,14H,2,8-12H2,1H3,(H,18,21). The number of rotatable bonds is 4. The van der Waals surface area contributed by atoms with E-state index >= 15 is 0 Å². The van der Waals surface area contributed by atoms with Crippen LogP contribution in [0, 0.1) is 4.77 Å². The van der Waals surface area contributed by atoms with Gasteiger partial charge in [0.2, 0.25) is 0 Å². The maximum Gasteiger partial charge on any atom is 0.195 e. The summed E-state index contributed by atoms with van der Waals surface area (Å²) in [5, 5.41) is 7.42. The maximum atomic E-state index is 5.47. The molecule has 3 rings (SSSR count). The van der Waals surface area contributed by atoms with Crippen LogP contribution in [0.2, 0.25) is 0 Å². The number of likely N-dealkylation sites (tertiary alicyclic amines) is 1.